The van der Waals surface area contributed by atoms with Crippen molar-refractivity contribution in [2.45, 2.75) is 407 Å². The molecule has 0 saturated carbocycles. The summed E-state index contributed by atoms with van der Waals surface area (Å²) in [4.78, 5) is 38.6. The number of ether oxygens (including phenoxy) is 6. The lowest BCUT2D eigenvalue weighted by molar-refractivity contribution is -0.386. The Morgan fingerprint density at radius 1 is 0.530 bits per heavy atom. The molecule has 18 unspecified atom stereocenters. The number of carboxylic acids is 1. The molecule has 0 aromatic carbocycles. The van der Waals surface area contributed by atoms with E-state index in [1.165, 1.54) is 199 Å². The molecule has 584 valence electrons. The average molecular weight is 1430 g/mol. The number of rotatable bonds is 61. The van der Waals surface area contributed by atoms with Crippen molar-refractivity contribution in [3.63, 3.8) is 0 Å². The van der Waals surface area contributed by atoms with Crippen LogP contribution in [0.3, 0.4) is 0 Å². The first-order chi connectivity index (χ1) is 48.4. The van der Waals surface area contributed by atoms with Crippen molar-refractivity contribution in [2.24, 2.45) is 0 Å². The van der Waals surface area contributed by atoms with Gasteiger partial charge in [-0.2, -0.15) is 0 Å². The lowest BCUT2D eigenvalue weighted by Gasteiger charge is -2.50. The molecule has 2 amide bonds. The zero-order valence-corrected chi connectivity index (χ0v) is 61.6. The summed E-state index contributed by atoms with van der Waals surface area (Å²) in [6.45, 7) is 2.13. The molecule has 3 saturated heterocycles. The van der Waals surface area contributed by atoms with Gasteiger partial charge in [-0.15, -0.1) is 0 Å². The Labute approximate surface area is 599 Å². The highest BCUT2D eigenvalue weighted by Gasteiger charge is 2.60. The molecule has 100 heavy (non-hydrogen) atoms. The number of carboxylic acid groups (broad SMARTS) is 1. The largest absolute Gasteiger partial charge is 0.477 e. The Morgan fingerprint density at radius 2 is 0.970 bits per heavy atom. The van der Waals surface area contributed by atoms with E-state index in [0.29, 0.717) is 12.8 Å². The highest BCUT2D eigenvalue weighted by atomic mass is 16.8. The highest BCUT2D eigenvalue weighted by molar-refractivity contribution is 5.77. The van der Waals surface area contributed by atoms with Gasteiger partial charge in [-0.05, 0) is 51.4 Å². The maximum atomic E-state index is 13.5. The summed E-state index contributed by atoms with van der Waals surface area (Å²) >= 11 is 0. The predicted octanol–water partition coefficient (Wildman–Crippen LogP) is 9.74. The molecule has 3 aliphatic heterocycles. The first kappa shape index (κ1) is 91.2. The Balaban J connectivity index is 1.42. The maximum Gasteiger partial charge on any atom is 0.364 e. The molecule has 3 fully saturated rings. The molecular formula is C77H140N2O21. The molecule has 14 N–H and O–H groups in total. The van der Waals surface area contributed by atoms with Crippen LogP contribution in [-0.2, 0) is 42.8 Å². The van der Waals surface area contributed by atoms with Crippen LogP contribution >= 0.6 is 0 Å². The summed E-state index contributed by atoms with van der Waals surface area (Å²) in [5.74, 6) is -6.14. The molecule has 18 atom stereocenters. The van der Waals surface area contributed by atoms with Gasteiger partial charge in [0.15, 0.2) is 12.6 Å². The second-order valence-corrected chi connectivity index (χ2v) is 28.6. The van der Waals surface area contributed by atoms with E-state index in [4.69, 9.17) is 28.4 Å². The van der Waals surface area contributed by atoms with Crippen LogP contribution in [0.1, 0.15) is 297 Å². The van der Waals surface area contributed by atoms with Crippen molar-refractivity contribution in [3.8, 4) is 0 Å². The monoisotopic (exact) mass is 1430 g/mol. The van der Waals surface area contributed by atoms with Gasteiger partial charge >= 0.3 is 5.97 Å². The molecule has 23 heteroatoms. The standard InChI is InChI=1S/C77H140N2O21/c1-4-6-8-10-12-14-16-17-18-19-20-21-22-23-24-25-26-27-28-29-30-31-32-33-34-35-36-37-38-39-41-43-45-47-49-51-64(87)79-58(59(84)50-48-46-44-42-40-15-13-11-9-7-5-2)56-95-74-69(91)68(90)71(63(55-82)97-74)98-75-70(92)73(67(89)62(54-81)96-75)100-77(76(93)94)52-60(85)65(78-57(3)83)72(99-77)66(88)61(86)53-80/h22-23,25-26,48,50,58-63,65-75,80-82,84-86,88-92H,4-21,24,27-47,49,51-56H2,1-3H3,(H,78,83)(H,79,87)(H,93,94)/b23-22-,26-25-,50-48+. The Kier molecular flexibility index (Phi) is 51.3. The maximum absolute atomic E-state index is 13.5. The zero-order chi connectivity index (χ0) is 73.2. The fourth-order valence-corrected chi connectivity index (χ4v) is 13.6. The van der Waals surface area contributed by atoms with Gasteiger partial charge < -0.3 is 100 Å². The molecule has 3 aliphatic rings. The van der Waals surface area contributed by atoms with E-state index in [1.807, 2.05) is 6.08 Å². The Morgan fingerprint density at radius 3 is 1.41 bits per heavy atom. The minimum absolute atomic E-state index is 0.201. The van der Waals surface area contributed by atoms with Gasteiger partial charge in [-0.25, -0.2) is 4.79 Å². The highest BCUT2D eigenvalue weighted by Crippen LogP contribution is 2.39. The Hall–Kier alpha value is -3.05. The molecule has 3 heterocycles. The molecule has 0 aromatic rings. The molecule has 0 radical (unpaired) electrons. The second kappa shape index (κ2) is 56.3. The quantitative estimate of drug-likeness (QED) is 0.0199. The van der Waals surface area contributed by atoms with Gasteiger partial charge in [0.2, 0.25) is 11.8 Å². The van der Waals surface area contributed by atoms with E-state index in [-0.39, 0.29) is 12.3 Å². The number of amides is 2. The zero-order valence-electron chi connectivity index (χ0n) is 61.6. The van der Waals surface area contributed by atoms with E-state index in [0.717, 1.165) is 58.3 Å². The van der Waals surface area contributed by atoms with Crippen LogP contribution in [0.5, 0.6) is 0 Å². The van der Waals surface area contributed by atoms with Crippen molar-refractivity contribution >= 4 is 17.8 Å². The lowest BCUT2D eigenvalue weighted by atomic mass is 9.88. The van der Waals surface area contributed by atoms with Crippen molar-refractivity contribution in [1.82, 2.24) is 10.6 Å². The van der Waals surface area contributed by atoms with E-state index >= 15 is 0 Å². The number of allylic oxidation sites excluding steroid dienone is 5. The van der Waals surface area contributed by atoms with Crippen LogP contribution in [0.4, 0.5) is 0 Å². The third-order valence-electron chi connectivity index (χ3n) is 19.8. The SMILES string of the molecule is CCCCCCCCCCC/C=C/C(O)C(COC1OC(CO)C(OC2OC(CO)C(O)C(OC3(C(=O)O)CC(O)C(NC(C)=O)C(C(O)C(O)CO)O3)C2O)C(O)C1O)NC(=O)CCCCCCCCCCCCCCCCCCC/C=C\C/C=C\CCCCCCCCCCCCC. The van der Waals surface area contributed by atoms with E-state index in [2.05, 4.69) is 48.8 Å². The number of aliphatic hydroxyl groups excluding tert-OH is 11. The summed E-state index contributed by atoms with van der Waals surface area (Å²) in [6.07, 6.45) is 33.7. The number of hydrogen-bond acceptors (Lipinski definition) is 20. The van der Waals surface area contributed by atoms with Gasteiger partial charge in [0.25, 0.3) is 5.79 Å². The second-order valence-electron chi connectivity index (χ2n) is 28.6. The van der Waals surface area contributed by atoms with Crippen molar-refractivity contribution in [2.75, 3.05) is 26.4 Å². The van der Waals surface area contributed by atoms with Crippen LogP contribution in [0.15, 0.2) is 36.5 Å². The molecule has 0 aliphatic carbocycles. The van der Waals surface area contributed by atoms with E-state index in [1.54, 1.807) is 6.08 Å². The summed E-state index contributed by atoms with van der Waals surface area (Å²) in [5, 5.41) is 136. The number of aliphatic carboxylic acids is 1. The molecule has 0 spiro atoms. The molecule has 0 aromatic heterocycles. The van der Waals surface area contributed by atoms with Gasteiger partial charge in [-0.3, -0.25) is 9.59 Å². The topological polar surface area (TPSA) is 373 Å². The summed E-state index contributed by atoms with van der Waals surface area (Å²) in [6, 6.07) is -2.62. The van der Waals surface area contributed by atoms with Crippen LogP contribution < -0.4 is 10.6 Å². The first-order valence-corrected chi connectivity index (χ1v) is 39.4. The van der Waals surface area contributed by atoms with Gasteiger partial charge in [-0.1, -0.05) is 262 Å². The smallest absolute Gasteiger partial charge is 0.364 e. The third kappa shape index (κ3) is 36.8. The first-order valence-electron chi connectivity index (χ1n) is 39.4. The number of nitrogens with one attached hydrogen (secondary N) is 2. The summed E-state index contributed by atoms with van der Waals surface area (Å²) in [7, 11) is 0. The van der Waals surface area contributed by atoms with Crippen molar-refractivity contribution < 1.29 is 104 Å². The van der Waals surface area contributed by atoms with E-state index in [9.17, 15) is 75.7 Å². The number of aliphatic hydroxyl groups is 11. The minimum atomic E-state index is -3.08. The molecular weight excluding hydrogens is 1290 g/mol. The van der Waals surface area contributed by atoms with Crippen LogP contribution in [-0.4, -0.2) is 215 Å². The average Bonchev–Trinajstić information content (AvgIpc) is 0.757. The molecule has 0 bridgehead atoms. The Bertz CT molecular complexity index is 2140. The number of carbonyl (C=O) groups excluding carboxylic acids is 2. The summed E-state index contributed by atoms with van der Waals surface area (Å²) in [5.41, 5.74) is 0. The van der Waals surface area contributed by atoms with Crippen LogP contribution in [0.2, 0.25) is 0 Å². The normalized spacial score (nSPS) is 27.1. The van der Waals surface area contributed by atoms with Crippen LogP contribution in [0, 0.1) is 0 Å². The van der Waals surface area contributed by atoms with Crippen molar-refractivity contribution in [3.05, 3.63) is 36.5 Å². The number of carbonyl (C=O) groups is 3. The fourth-order valence-electron chi connectivity index (χ4n) is 13.6. The summed E-state index contributed by atoms with van der Waals surface area (Å²) < 4.78 is 34.8. The van der Waals surface area contributed by atoms with Crippen molar-refractivity contribution in [1.29, 1.82) is 0 Å². The van der Waals surface area contributed by atoms with Gasteiger partial charge in [0.05, 0.1) is 50.7 Å². The molecule has 3 rings (SSSR count). The predicted molar refractivity (Wildman–Crippen MR) is 384 cm³/mol. The van der Waals surface area contributed by atoms with Crippen LogP contribution in [0.25, 0.3) is 0 Å². The fraction of sp³-hybridized carbons (Fsp3) is 0.883. The number of hydrogen-bond donors (Lipinski definition) is 14. The third-order valence-corrected chi connectivity index (χ3v) is 19.8. The van der Waals surface area contributed by atoms with E-state index < -0.39 is 155 Å². The van der Waals surface area contributed by atoms with Gasteiger partial charge in [0.1, 0.15) is 67.1 Å². The molecule has 23 nitrogen and oxygen atoms in total. The minimum Gasteiger partial charge on any atom is -0.477 e. The lowest BCUT2D eigenvalue weighted by Crippen LogP contribution is -2.70. The van der Waals surface area contributed by atoms with Gasteiger partial charge in [0, 0.05) is 19.8 Å². The number of unbranched alkanes of at least 4 members (excludes halogenated alkanes) is 37.